The molecule has 0 aromatic carbocycles. The van der Waals surface area contributed by atoms with Crippen molar-refractivity contribution in [3.8, 4) is 5.88 Å². The van der Waals surface area contributed by atoms with Crippen LogP contribution in [0.3, 0.4) is 0 Å². The maximum absolute atomic E-state index is 9.37. The van der Waals surface area contributed by atoms with Crippen LogP contribution in [0.2, 0.25) is 5.02 Å². The van der Waals surface area contributed by atoms with Gasteiger partial charge in [-0.15, -0.1) is 0 Å². The quantitative estimate of drug-likeness (QED) is 0.715. The van der Waals surface area contributed by atoms with Gasteiger partial charge < -0.3 is 15.7 Å². The van der Waals surface area contributed by atoms with Gasteiger partial charge in [-0.25, -0.2) is 0 Å². The molecule has 14 heavy (non-hydrogen) atoms. The zero-order valence-corrected chi connectivity index (χ0v) is 8.89. The summed E-state index contributed by atoms with van der Waals surface area (Å²) in [4.78, 5) is 7.85. The Hall–Kier alpha value is -1.23. The van der Waals surface area contributed by atoms with Crippen molar-refractivity contribution in [1.29, 1.82) is 0 Å². The second kappa shape index (κ2) is 4.85. The predicted molar refractivity (Wildman–Crippen MR) is 57.0 cm³/mol. The van der Waals surface area contributed by atoms with Crippen molar-refractivity contribution in [3.05, 3.63) is 5.02 Å². The van der Waals surface area contributed by atoms with E-state index in [1.807, 2.05) is 13.8 Å². The Balaban J connectivity index is 3.01. The molecule has 3 N–H and O–H groups in total. The molecule has 0 aliphatic heterocycles. The molecule has 0 bridgehead atoms. The molecule has 0 spiro atoms. The van der Waals surface area contributed by atoms with Crippen molar-refractivity contribution in [2.45, 2.75) is 13.8 Å². The van der Waals surface area contributed by atoms with Crippen LogP contribution in [-0.2, 0) is 0 Å². The molecule has 0 amide bonds. The standard InChI is InChI=1S/C8H13ClN4O/c1-3-10-6-5(9)7(14)13-8(12-6)11-4-2/h3-4H2,1-2H3,(H3,10,11,12,13,14). The van der Waals surface area contributed by atoms with Gasteiger partial charge in [-0.1, -0.05) is 11.6 Å². The normalized spacial score (nSPS) is 9.93. The fourth-order valence-electron chi connectivity index (χ4n) is 0.957. The van der Waals surface area contributed by atoms with Crippen LogP contribution < -0.4 is 10.6 Å². The molecule has 0 saturated carbocycles. The first-order chi connectivity index (χ1) is 6.69. The first-order valence-corrected chi connectivity index (χ1v) is 4.81. The van der Waals surface area contributed by atoms with Crippen molar-refractivity contribution in [2.75, 3.05) is 23.7 Å². The van der Waals surface area contributed by atoms with E-state index in [1.54, 1.807) is 0 Å². The summed E-state index contributed by atoms with van der Waals surface area (Å²) in [5.74, 6) is 0.594. The Morgan fingerprint density at radius 3 is 2.43 bits per heavy atom. The van der Waals surface area contributed by atoms with Gasteiger partial charge in [-0.3, -0.25) is 0 Å². The fraction of sp³-hybridized carbons (Fsp3) is 0.500. The lowest BCUT2D eigenvalue weighted by molar-refractivity contribution is 0.453. The van der Waals surface area contributed by atoms with E-state index in [-0.39, 0.29) is 10.9 Å². The Morgan fingerprint density at radius 2 is 1.86 bits per heavy atom. The zero-order valence-electron chi connectivity index (χ0n) is 8.13. The van der Waals surface area contributed by atoms with Crippen LogP contribution in [0.1, 0.15) is 13.8 Å². The van der Waals surface area contributed by atoms with Crippen molar-refractivity contribution in [3.63, 3.8) is 0 Å². The van der Waals surface area contributed by atoms with E-state index in [0.717, 1.165) is 0 Å². The third-order valence-corrected chi connectivity index (χ3v) is 1.86. The molecule has 6 heteroatoms. The zero-order chi connectivity index (χ0) is 10.6. The Labute approximate surface area is 87.5 Å². The summed E-state index contributed by atoms with van der Waals surface area (Å²) >= 11 is 5.78. The van der Waals surface area contributed by atoms with E-state index in [1.165, 1.54) is 0 Å². The lowest BCUT2D eigenvalue weighted by Crippen LogP contribution is -2.06. The molecular weight excluding hydrogens is 204 g/mol. The molecule has 78 valence electrons. The summed E-state index contributed by atoms with van der Waals surface area (Å²) in [5.41, 5.74) is 0. The van der Waals surface area contributed by atoms with Crippen LogP contribution in [0.5, 0.6) is 5.88 Å². The molecular formula is C8H13ClN4O. The van der Waals surface area contributed by atoms with Gasteiger partial charge in [0.25, 0.3) is 0 Å². The average Bonchev–Trinajstić information content (AvgIpc) is 2.14. The van der Waals surface area contributed by atoms with Gasteiger partial charge in [0.1, 0.15) is 5.02 Å². The number of rotatable bonds is 4. The Kier molecular flexibility index (Phi) is 3.76. The van der Waals surface area contributed by atoms with E-state index in [4.69, 9.17) is 11.6 Å². The maximum Gasteiger partial charge on any atom is 0.237 e. The van der Waals surface area contributed by atoms with Crippen molar-refractivity contribution in [1.82, 2.24) is 9.97 Å². The molecule has 0 aliphatic rings. The molecule has 1 aromatic rings. The number of anilines is 2. The van der Waals surface area contributed by atoms with Crippen LogP contribution >= 0.6 is 11.6 Å². The molecule has 0 aliphatic carbocycles. The van der Waals surface area contributed by atoms with Crippen molar-refractivity contribution < 1.29 is 5.11 Å². The summed E-state index contributed by atoms with van der Waals surface area (Å²) in [6.45, 7) is 5.21. The van der Waals surface area contributed by atoms with Crippen LogP contribution in [0.4, 0.5) is 11.8 Å². The minimum Gasteiger partial charge on any atom is -0.492 e. The van der Waals surface area contributed by atoms with E-state index >= 15 is 0 Å². The highest BCUT2D eigenvalue weighted by atomic mass is 35.5. The van der Waals surface area contributed by atoms with E-state index in [2.05, 4.69) is 20.6 Å². The maximum atomic E-state index is 9.37. The van der Waals surface area contributed by atoms with Crippen LogP contribution in [0.25, 0.3) is 0 Å². The molecule has 1 aromatic heterocycles. The number of nitrogens with zero attached hydrogens (tertiary/aromatic N) is 2. The van der Waals surface area contributed by atoms with Gasteiger partial charge >= 0.3 is 0 Å². The Bertz CT molecular complexity index is 318. The van der Waals surface area contributed by atoms with E-state index < -0.39 is 0 Å². The van der Waals surface area contributed by atoms with Crippen LogP contribution in [0, 0.1) is 0 Å². The highest BCUT2D eigenvalue weighted by Crippen LogP contribution is 2.28. The van der Waals surface area contributed by atoms with Gasteiger partial charge in [-0.2, -0.15) is 9.97 Å². The largest absolute Gasteiger partial charge is 0.492 e. The number of halogens is 1. The monoisotopic (exact) mass is 216 g/mol. The highest BCUT2D eigenvalue weighted by molar-refractivity contribution is 6.34. The molecule has 0 atom stereocenters. The van der Waals surface area contributed by atoms with Crippen LogP contribution in [-0.4, -0.2) is 28.2 Å². The Morgan fingerprint density at radius 1 is 1.21 bits per heavy atom. The molecule has 5 nitrogen and oxygen atoms in total. The second-order valence-electron chi connectivity index (χ2n) is 2.59. The fourth-order valence-corrected chi connectivity index (χ4v) is 1.11. The van der Waals surface area contributed by atoms with Crippen molar-refractivity contribution in [2.24, 2.45) is 0 Å². The first-order valence-electron chi connectivity index (χ1n) is 4.43. The second-order valence-corrected chi connectivity index (χ2v) is 2.97. The minimum absolute atomic E-state index is 0.147. The van der Waals surface area contributed by atoms with E-state index in [0.29, 0.717) is 24.9 Å². The third kappa shape index (κ3) is 2.38. The molecule has 1 rings (SSSR count). The number of aromatic nitrogens is 2. The van der Waals surface area contributed by atoms with Gasteiger partial charge in [0.05, 0.1) is 0 Å². The van der Waals surface area contributed by atoms with Gasteiger partial charge in [0, 0.05) is 13.1 Å². The molecule has 0 fully saturated rings. The number of hydrogen-bond donors (Lipinski definition) is 3. The van der Waals surface area contributed by atoms with Crippen LogP contribution in [0.15, 0.2) is 0 Å². The summed E-state index contributed by atoms with van der Waals surface area (Å²) in [6.07, 6.45) is 0. The summed E-state index contributed by atoms with van der Waals surface area (Å²) in [6, 6.07) is 0. The number of aromatic hydroxyl groups is 1. The molecule has 0 unspecified atom stereocenters. The van der Waals surface area contributed by atoms with Gasteiger partial charge in [0.15, 0.2) is 5.82 Å². The van der Waals surface area contributed by atoms with Gasteiger partial charge in [0.2, 0.25) is 11.8 Å². The molecule has 0 radical (unpaired) electrons. The molecule has 0 saturated heterocycles. The highest BCUT2D eigenvalue weighted by Gasteiger charge is 2.10. The smallest absolute Gasteiger partial charge is 0.237 e. The summed E-state index contributed by atoms with van der Waals surface area (Å²) < 4.78 is 0. The SMILES string of the molecule is CCNc1nc(O)c(Cl)c(NCC)n1. The number of nitrogens with one attached hydrogen (secondary N) is 2. The first kappa shape index (κ1) is 10.8. The van der Waals surface area contributed by atoms with Crippen molar-refractivity contribution >= 4 is 23.4 Å². The summed E-state index contributed by atoms with van der Waals surface area (Å²) in [5, 5.41) is 15.3. The predicted octanol–water partition coefficient (Wildman–Crippen LogP) is 1.70. The summed E-state index contributed by atoms with van der Waals surface area (Å²) in [7, 11) is 0. The third-order valence-electron chi connectivity index (χ3n) is 1.51. The van der Waals surface area contributed by atoms with E-state index in [9.17, 15) is 5.11 Å². The minimum atomic E-state index is -0.214. The lowest BCUT2D eigenvalue weighted by atomic mass is 10.5. The average molecular weight is 217 g/mol. The lowest BCUT2D eigenvalue weighted by Gasteiger charge is -2.08. The topological polar surface area (TPSA) is 70.1 Å². The number of hydrogen-bond acceptors (Lipinski definition) is 5. The molecule has 1 heterocycles. The van der Waals surface area contributed by atoms with Gasteiger partial charge in [-0.05, 0) is 13.8 Å².